The largest absolute Gasteiger partial charge is 0.497 e. The summed E-state index contributed by atoms with van der Waals surface area (Å²) in [6, 6.07) is 5.53. The van der Waals surface area contributed by atoms with Crippen LogP contribution in [0.4, 0.5) is 0 Å². The predicted octanol–water partition coefficient (Wildman–Crippen LogP) is 2.39. The van der Waals surface area contributed by atoms with E-state index in [0.29, 0.717) is 11.8 Å². The first-order valence-electron chi connectivity index (χ1n) is 5.57. The summed E-state index contributed by atoms with van der Waals surface area (Å²) in [5.74, 6) is 2.45. The Labute approximate surface area is 96.0 Å². The molecule has 88 valence electrons. The summed E-state index contributed by atoms with van der Waals surface area (Å²) >= 11 is 0. The van der Waals surface area contributed by atoms with Gasteiger partial charge in [0.1, 0.15) is 11.5 Å². The van der Waals surface area contributed by atoms with Gasteiger partial charge in [0.15, 0.2) is 0 Å². The smallest absolute Gasteiger partial charge is 0.124 e. The summed E-state index contributed by atoms with van der Waals surface area (Å²) < 4.78 is 10.4. The highest BCUT2D eigenvalue weighted by molar-refractivity contribution is 5.42. The van der Waals surface area contributed by atoms with Crippen molar-refractivity contribution in [2.45, 2.75) is 19.4 Å². The van der Waals surface area contributed by atoms with E-state index in [1.165, 1.54) is 0 Å². The van der Waals surface area contributed by atoms with Gasteiger partial charge >= 0.3 is 0 Å². The molecule has 3 atom stereocenters. The number of benzene rings is 1. The van der Waals surface area contributed by atoms with Gasteiger partial charge in [-0.3, -0.25) is 0 Å². The molecule has 0 aromatic heterocycles. The number of aliphatic hydroxyl groups is 1. The molecule has 1 N–H and O–H groups in total. The van der Waals surface area contributed by atoms with Gasteiger partial charge in [0.2, 0.25) is 0 Å². The van der Waals surface area contributed by atoms with E-state index in [-0.39, 0.29) is 0 Å². The summed E-state index contributed by atoms with van der Waals surface area (Å²) in [7, 11) is 3.24. The zero-order valence-electron chi connectivity index (χ0n) is 9.93. The number of aliphatic hydroxyl groups excluding tert-OH is 1. The van der Waals surface area contributed by atoms with Crippen LogP contribution in [0.25, 0.3) is 0 Å². The standard InChI is InChI=1S/C13H18O3/c1-8-6-10(8)13(14)11-7-9(15-2)4-5-12(11)16-3/h4-5,7-8,10,13-14H,6H2,1-3H3. The predicted molar refractivity (Wildman–Crippen MR) is 61.8 cm³/mol. The van der Waals surface area contributed by atoms with Crippen molar-refractivity contribution in [3.63, 3.8) is 0 Å². The van der Waals surface area contributed by atoms with E-state index in [9.17, 15) is 5.11 Å². The van der Waals surface area contributed by atoms with Crippen LogP contribution >= 0.6 is 0 Å². The van der Waals surface area contributed by atoms with Crippen molar-refractivity contribution in [1.29, 1.82) is 0 Å². The molecule has 1 aliphatic carbocycles. The third-order valence-electron chi connectivity index (χ3n) is 3.33. The van der Waals surface area contributed by atoms with Crippen LogP contribution in [-0.2, 0) is 0 Å². The lowest BCUT2D eigenvalue weighted by Crippen LogP contribution is -2.04. The van der Waals surface area contributed by atoms with Crippen molar-refractivity contribution < 1.29 is 14.6 Å². The first-order valence-corrected chi connectivity index (χ1v) is 5.57. The topological polar surface area (TPSA) is 38.7 Å². The molecule has 0 heterocycles. The van der Waals surface area contributed by atoms with Gasteiger partial charge in [0.05, 0.1) is 20.3 Å². The molecule has 3 heteroatoms. The fraction of sp³-hybridized carbons (Fsp3) is 0.538. The Morgan fingerprint density at radius 2 is 2.00 bits per heavy atom. The van der Waals surface area contributed by atoms with Crippen LogP contribution in [0.1, 0.15) is 25.0 Å². The molecular weight excluding hydrogens is 204 g/mol. The summed E-state index contributed by atoms with van der Waals surface area (Å²) in [6.45, 7) is 2.15. The van der Waals surface area contributed by atoms with E-state index >= 15 is 0 Å². The lowest BCUT2D eigenvalue weighted by Gasteiger charge is -2.15. The fourth-order valence-electron chi connectivity index (χ4n) is 2.09. The van der Waals surface area contributed by atoms with Gasteiger partial charge in [-0.15, -0.1) is 0 Å². The first kappa shape index (κ1) is 11.3. The Morgan fingerprint density at radius 3 is 2.50 bits per heavy atom. The number of hydrogen-bond donors (Lipinski definition) is 1. The van der Waals surface area contributed by atoms with Crippen LogP contribution in [-0.4, -0.2) is 19.3 Å². The molecular formula is C13H18O3. The molecule has 0 spiro atoms. The monoisotopic (exact) mass is 222 g/mol. The first-order chi connectivity index (χ1) is 7.67. The molecule has 16 heavy (non-hydrogen) atoms. The number of rotatable bonds is 4. The van der Waals surface area contributed by atoms with Crippen molar-refractivity contribution in [3.8, 4) is 11.5 Å². The van der Waals surface area contributed by atoms with Crippen LogP contribution < -0.4 is 9.47 Å². The van der Waals surface area contributed by atoms with Gasteiger partial charge in [-0.1, -0.05) is 6.92 Å². The molecule has 0 amide bonds. The normalized spacial score (nSPS) is 25.0. The van der Waals surface area contributed by atoms with Crippen molar-refractivity contribution in [2.75, 3.05) is 14.2 Å². The van der Waals surface area contributed by atoms with Crippen molar-refractivity contribution in [3.05, 3.63) is 23.8 Å². The molecule has 0 aliphatic heterocycles. The zero-order chi connectivity index (χ0) is 11.7. The summed E-state index contributed by atoms with van der Waals surface area (Å²) in [5.41, 5.74) is 0.830. The van der Waals surface area contributed by atoms with E-state index in [1.54, 1.807) is 14.2 Å². The van der Waals surface area contributed by atoms with Gasteiger partial charge in [-0.05, 0) is 36.5 Å². The molecule has 1 aromatic rings. The number of methoxy groups -OCH3 is 2. The molecule has 1 fully saturated rings. The molecule has 1 saturated carbocycles. The Bertz CT molecular complexity index is 375. The second kappa shape index (κ2) is 4.34. The van der Waals surface area contributed by atoms with Gasteiger partial charge in [-0.25, -0.2) is 0 Å². The van der Waals surface area contributed by atoms with E-state index in [0.717, 1.165) is 23.5 Å². The van der Waals surface area contributed by atoms with Crippen molar-refractivity contribution in [2.24, 2.45) is 11.8 Å². The Balaban J connectivity index is 2.29. The van der Waals surface area contributed by atoms with Gasteiger partial charge in [0, 0.05) is 5.56 Å². The maximum absolute atomic E-state index is 10.2. The van der Waals surface area contributed by atoms with E-state index in [1.807, 2.05) is 18.2 Å². The van der Waals surface area contributed by atoms with Crippen molar-refractivity contribution >= 4 is 0 Å². The maximum Gasteiger partial charge on any atom is 0.124 e. The molecule has 0 saturated heterocycles. The van der Waals surface area contributed by atoms with Crippen LogP contribution in [0.3, 0.4) is 0 Å². The minimum atomic E-state index is -0.444. The number of ether oxygens (including phenoxy) is 2. The van der Waals surface area contributed by atoms with Crippen LogP contribution in [0.2, 0.25) is 0 Å². The highest BCUT2D eigenvalue weighted by atomic mass is 16.5. The third-order valence-corrected chi connectivity index (χ3v) is 3.33. The summed E-state index contributed by atoms with van der Waals surface area (Å²) in [6.07, 6.45) is 0.640. The molecule has 1 aliphatic rings. The molecule has 1 aromatic carbocycles. The molecule has 3 nitrogen and oxygen atoms in total. The summed E-state index contributed by atoms with van der Waals surface area (Å²) in [5, 5.41) is 10.2. The molecule has 0 bridgehead atoms. The second-order valence-electron chi connectivity index (χ2n) is 4.43. The minimum absolute atomic E-state index is 0.362. The lowest BCUT2D eigenvalue weighted by molar-refractivity contribution is 0.144. The average Bonchev–Trinajstić information content (AvgIpc) is 3.04. The van der Waals surface area contributed by atoms with Crippen molar-refractivity contribution in [1.82, 2.24) is 0 Å². The minimum Gasteiger partial charge on any atom is -0.497 e. The average molecular weight is 222 g/mol. The lowest BCUT2D eigenvalue weighted by atomic mass is 10.0. The van der Waals surface area contributed by atoms with Crippen LogP contribution in [0, 0.1) is 11.8 Å². The maximum atomic E-state index is 10.2. The quantitative estimate of drug-likeness (QED) is 0.850. The zero-order valence-corrected chi connectivity index (χ0v) is 9.93. The van der Waals surface area contributed by atoms with E-state index < -0.39 is 6.10 Å². The highest BCUT2D eigenvalue weighted by Gasteiger charge is 2.40. The van der Waals surface area contributed by atoms with Crippen LogP contribution in [0.15, 0.2) is 18.2 Å². The van der Waals surface area contributed by atoms with Crippen LogP contribution in [0.5, 0.6) is 11.5 Å². The van der Waals surface area contributed by atoms with Gasteiger partial charge in [0.25, 0.3) is 0 Å². The van der Waals surface area contributed by atoms with Gasteiger partial charge in [-0.2, -0.15) is 0 Å². The second-order valence-corrected chi connectivity index (χ2v) is 4.43. The Kier molecular flexibility index (Phi) is 3.06. The van der Waals surface area contributed by atoms with Gasteiger partial charge < -0.3 is 14.6 Å². The fourth-order valence-corrected chi connectivity index (χ4v) is 2.09. The van der Waals surface area contributed by atoms with E-state index in [4.69, 9.17) is 9.47 Å². The molecule has 3 unspecified atom stereocenters. The number of hydrogen-bond acceptors (Lipinski definition) is 3. The molecule has 0 radical (unpaired) electrons. The highest BCUT2D eigenvalue weighted by Crippen LogP contribution is 2.49. The third kappa shape index (κ3) is 2.00. The molecule has 2 rings (SSSR count). The van der Waals surface area contributed by atoms with E-state index in [2.05, 4.69) is 6.92 Å². The SMILES string of the molecule is COc1ccc(OC)c(C(O)C2CC2C)c1. The Hall–Kier alpha value is -1.22. The Morgan fingerprint density at radius 1 is 1.31 bits per heavy atom. The summed E-state index contributed by atoms with van der Waals surface area (Å²) in [4.78, 5) is 0.